The molecule has 0 radical (unpaired) electrons. The SMILES string of the molecule is COc1ccc(OC)c(CCNC(=O)c2cnn(-c3ccc([N+](=O)[O-])cc3)c2C2CCNCC2)c1. The normalized spacial score (nSPS) is 13.9. The molecule has 35 heavy (non-hydrogen) atoms. The quantitative estimate of drug-likeness (QED) is 0.357. The lowest BCUT2D eigenvalue weighted by molar-refractivity contribution is -0.384. The van der Waals surface area contributed by atoms with Crippen molar-refractivity contribution in [2.45, 2.75) is 25.2 Å². The topological polar surface area (TPSA) is 121 Å². The summed E-state index contributed by atoms with van der Waals surface area (Å²) in [4.78, 5) is 23.8. The molecule has 184 valence electrons. The molecule has 10 heteroatoms. The zero-order chi connectivity index (χ0) is 24.8. The first-order valence-electron chi connectivity index (χ1n) is 11.5. The zero-order valence-corrected chi connectivity index (χ0v) is 19.8. The Labute approximate surface area is 203 Å². The van der Waals surface area contributed by atoms with E-state index in [4.69, 9.17) is 9.47 Å². The van der Waals surface area contributed by atoms with E-state index in [1.54, 1.807) is 37.2 Å². The number of non-ortho nitro benzene ring substituents is 1. The number of hydrogen-bond acceptors (Lipinski definition) is 7. The Kier molecular flexibility index (Phi) is 7.61. The summed E-state index contributed by atoms with van der Waals surface area (Å²) in [5.41, 5.74) is 2.98. The first-order chi connectivity index (χ1) is 17.0. The number of carbonyl (C=O) groups excluding carboxylic acids is 1. The highest BCUT2D eigenvalue weighted by molar-refractivity contribution is 5.95. The average Bonchev–Trinajstić information content (AvgIpc) is 3.34. The second kappa shape index (κ2) is 11.0. The van der Waals surface area contributed by atoms with E-state index in [1.807, 2.05) is 18.2 Å². The molecular weight excluding hydrogens is 450 g/mol. The monoisotopic (exact) mass is 479 g/mol. The van der Waals surface area contributed by atoms with Crippen LogP contribution < -0.4 is 20.1 Å². The van der Waals surface area contributed by atoms with Crippen molar-refractivity contribution in [2.24, 2.45) is 0 Å². The van der Waals surface area contributed by atoms with Crippen molar-refractivity contribution >= 4 is 11.6 Å². The summed E-state index contributed by atoms with van der Waals surface area (Å²) in [5.74, 6) is 1.41. The first-order valence-corrected chi connectivity index (χ1v) is 11.5. The van der Waals surface area contributed by atoms with Gasteiger partial charge in [-0.2, -0.15) is 5.10 Å². The van der Waals surface area contributed by atoms with Crippen LogP contribution in [0.3, 0.4) is 0 Å². The summed E-state index contributed by atoms with van der Waals surface area (Å²) >= 11 is 0. The Hall–Kier alpha value is -3.92. The number of hydrogen-bond donors (Lipinski definition) is 2. The molecule has 0 aliphatic carbocycles. The van der Waals surface area contributed by atoms with Gasteiger partial charge in [0.1, 0.15) is 11.5 Å². The molecule has 0 saturated carbocycles. The van der Waals surface area contributed by atoms with Gasteiger partial charge < -0.3 is 20.1 Å². The Bertz CT molecular complexity index is 1190. The number of rotatable bonds is 9. The third-order valence-electron chi connectivity index (χ3n) is 6.25. The molecule has 0 unspecified atom stereocenters. The van der Waals surface area contributed by atoms with E-state index in [1.165, 1.54) is 12.1 Å². The van der Waals surface area contributed by atoms with Crippen molar-refractivity contribution in [2.75, 3.05) is 33.9 Å². The highest BCUT2D eigenvalue weighted by Crippen LogP contribution is 2.31. The van der Waals surface area contributed by atoms with Crippen LogP contribution in [0.1, 0.15) is 40.4 Å². The summed E-state index contributed by atoms with van der Waals surface area (Å²) in [5, 5.41) is 21.9. The number of nitro groups is 1. The predicted molar refractivity (Wildman–Crippen MR) is 131 cm³/mol. The molecule has 0 spiro atoms. The Balaban J connectivity index is 1.56. The van der Waals surface area contributed by atoms with Gasteiger partial charge in [-0.05, 0) is 68.2 Å². The van der Waals surface area contributed by atoms with Gasteiger partial charge in [0, 0.05) is 24.6 Å². The Morgan fingerprint density at radius 2 is 1.91 bits per heavy atom. The van der Waals surface area contributed by atoms with E-state index in [0.29, 0.717) is 24.2 Å². The Morgan fingerprint density at radius 1 is 1.17 bits per heavy atom. The second-order valence-electron chi connectivity index (χ2n) is 8.34. The molecule has 3 aromatic rings. The molecule has 2 N–H and O–H groups in total. The van der Waals surface area contributed by atoms with Crippen LogP contribution in [0.15, 0.2) is 48.7 Å². The number of amides is 1. The zero-order valence-electron chi connectivity index (χ0n) is 19.8. The van der Waals surface area contributed by atoms with Crippen LogP contribution >= 0.6 is 0 Å². The largest absolute Gasteiger partial charge is 0.497 e. The Morgan fingerprint density at radius 3 is 2.57 bits per heavy atom. The maximum atomic E-state index is 13.2. The first kappa shape index (κ1) is 24.2. The van der Waals surface area contributed by atoms with E-state index in [2.05, 4.69) is 15.7 Å². The van der Waals surface area contributed by atoms with Crippen molar-refractivity contribution < 1.29 is 19.2 Å². The number of aromatic nitrogens is 2. The molecule has 1 saturated heterocycles. The fourth-order valence-corrected chi connectivity index (χ4v) is 4.43. The van der Waals surface area contributed by atoms with E-state index >= 15 is 0 Å². The molecule has 1 aliphatic heterocycles. The van der Waals surface area contributed by atoms with Gasteiger partial charge in [0.25, 0.3) is 11.6 Å². The molecule has 2 heterocycles. The van der Waals surface area contributed by atoms with Gasteiger partial charge in [0.05, 0.1) is 42.3 Å². The number of ether oxygens (including phenoxy) is 2. The fourth-order valence-electron chi connectivity index (χ4n) is 4.43. The number of nitrogens with zero attached hydrogens (tertiary/aromatic N) is 3. The van der Waals surface area contributed by atoms with Crippen LogP contribution in [0.25, 0.3) is 5.69 Å². The maximum Gasteiger partial charge on any atom is 0.269 e. The summed E-state index contributed by atoms with van der Waals surface area (Å²) in [6, 6.07) is 11.8. The van der Waals surface area contributed by atoms with E-state index in [9.17, 15) is 14.9 Å². The van der Waals surface area contributed by atoms with E-state index in [-0.39, 0.29) is 17.5 Å². The third-order valence-corrected chi connectivity index (χ3v) is 6.25. The van der Waals surface area contributed by atoms with E-state index < -0.39 is 4.92 Å². The highest BCUT2D eigenvalue weighted by atomic mass is 16.6. The lowest BCUT2D eigenvalue weighted by Gasteiger charge is -2.24. The van der Waals surface area contributed by atoms with Crippen LogP contribution in [-0.2, 0) is 6.42 Å². The molecule has 2 aromatic carbocycles. The molecule has 10 nitrogen and oxygen atoms in total. The lowest BCUT2D eigenvalue weighted by atomic mass is 9.91. The molecule has 0 atom stereocenters. The molecule has 0 bridgehead atoms. The average molecular weight is 480 g/mol. The predicted octanol–water partition coefficient (Wildman–Crippen LogP) is 3.24. The number of benzene rings is 2. The van der Waals surface area contributed by atoms with Crippen molar-refractivity contribution in [1.82, 2.24) is 20.4 Å². The van der Waals surface area contributed by atoms with Crippen molar-refractivity contribution in [3.63, 3.8) is 0 Å². The standard InChI is InChI=1S/C25H29N5O5/c1-34-21-7-8-23(35-2)18(15-21)11-14-27-25(31)22-16-28-29(24(22)17-9-12-26-13-10-17)19-3-5-20(6-4-19)30(32)33/h3-8,15-17,26H,9-14H2,1-2H3,(H,27,31). The smallest absolute Gasteiger partial charge is 0.269 e. The number of nitro benzene ring substituents is 1. The third kappa shape index (κ3) is 5.43. The van der Waals surface area contributed by atoms with Crippen LogP contribution in [-0.4, -0.2) is 54.5 Å². The fraction of sp³-hybridized carbons (Fsp3) is 0.360. The minimum atomic E-state index is -0.434. The summed E-state index contributed by atoms with van der Waals surface area (Å²) in [7, 11) is 3.22. The summed E-state index contributed by atoms with van der Waals surface area (Å²) < 4.78 is 12.5. The van der Waals surface area contributed by atoms with Crippen LogP contribution in [0.4, 0.5) is 5.69 Å². The summed E-state index contributed by atoms with van der Waals surface area (Å²) in [6.07, 6.45) is 3.91. The van der Waals surface area contributed by atoms with Gasteiger partial charge in [0.15, 0.2) is 0 Å². The number of carbonyl (C=O) groups is 1. The lowest BCUT2D eigenvalue weighted by Crippen LogP contribution is -2.31. The van der Waals surface area contributed by atoms with Gasteiger partial charge in [0.2, 0.25) is 0 Å². The minimum Gasteiger partial charge on any atom is -0.497 e. The van der Waals surface area contributed by atoms with Gasteiger partial charge in [-0.15, -0.1) is 0 Å². The van der Waals surface area contributed by atoms with E-state index in [0.717, 1.165) is 48.7 Å². The maximum absolute atomic E-state index is 13.2. The molecule has 1 aliphatic rings. The van der Waals surface area contributed by atoms with Crippen LogP contribution in [0.5, 0.6) is 11.5 Å². The molecular formula is C25H29N5O5. The molecule has 4 rings (SSSR count). The second-order valence-corrected chi connectivity index (χ2v) is 8.34. The van der Waals surface area contributed by atoms with Gasteiger partial charge in [-0.1, -0.05) is 0 Å². The minimum absolute atomic E-state index is 0.00950. The van der Waals surface area contributed by atoms with Crippen molar-refractivity contribution in [3.8, 4) is 17.2 Å². The summed E-state index contributed by atoms with van der Waals surface area (Å²) in [6.45, 7) is 2.12. The van der Waals surface area contributed by atoms with Gasteiger partial charge in [-0.3, -0.25) is 14.9 Å². The number of piperidine rings is 1. The van der Waals surface area contributed by atoms with Gasteiger partial charge >= 0.3 is 0 Å². The van der Waals surface area contributed by atoms with Crippen molar-refractivity contribution in [1.29, 1.82) is 0 Å². The highest BCUT2D eigenvalue weighted by Gasteiger charge is 2.27. The molecule has 1 aromatic heterocycles. The van der Waals surface area contributed by atoms with Gasteiger partial charge in [-0.25, -0.2) is 4.68 Å². The molecule has 1 fully saturated rings. The van der Waals surface area contributed by atoms with Crippen LogP contribution in [0.2, 0.25) is 0 Å². The molecule has 1 amide bonds. The number of nitrogens with one attached hydrogen (secondary N) is 2. The van der Waals surface area contributed by atoms with Crippen molar-refractivity contribution in [3.05, 3.63) is 75.6 Å². The van der Waals surface area contributed by atoms with Crippen LogP contribution in [0, 0.1) is 10.1 Å². The number of methoxy groups -OCH3 is 2.